The zero-order valence-electron chi connectivity index (χ0n) is 10.6. The van der Waals surface area contributed by atoms with E-state index < -0.39 is 6.10 Å². The summed E-state index contributed by atoms with van der Waals surface area (Å²) in [5, 5.41) is 10.2. The van der Waals surface area contributed by atoms with Gasteiger partial charge in [0.2, 0.25) is 5.90 Å². The highest BCUT2D eigenvalue weighted by Crippen LogP contribution is 2.28. The maximum atomic E-state index is 10.2. The molecule has 2 rings (SSSR count). The number of aliphatic hydroxyl groups is 1. The first kappa shape index (κ1) is 12.1. The van der Waals surface area contributed by atoms with E-state index in [4.69, 9.17) is 4.74 Å². The van der Waals surface area contributed by atoms with E-state index in [1.54, 1.807) is 0 Å². The SMILES string of the molecule is CC1CC(C)(C)N=C(C(O)c2ccccc2)O1. The molecular weight excluding hydrogens is 214 g/mol. The van der Waals surface area contributed by atoms with Crippen LogP contribution in [-0.2, 0) is 4.74 Å². The normalized spacial score (nSPS) is 24.7. The molecule has 0 aliphatic carbocycles. The molecule has 0 radical (unpaired) electrons. The first-order valence-electron chi connectivity index (χ1n) is 5.97. The fraction of sp³-hybridized carbons (Fsp3) is 0.500. The van der Waals surface area contributed by atoms with Crippen molar-refractivity contribution in [3.8, 4) is 0 Å². The number of nitrogens with zero attached hydrogens (tertiary/aromatic N) is 1. The van der Waals surface area contributed by atoms with E-state index in [9.17, 15) is 5.11 Å². The molecule has 0 fully saturated rings. The van der Waals surface area contributed by atoms with Crippen molar-refractivity contribution in [2.45, 2.75) is 44.9 Å². The van der Waals surface area contributed by atoms with Gasteiger partial charge in [0.25, 0.3) is 0 Å². The number of rotatable bonds is 2. The number of aliphatic imine (C=N–C) groups is 1. The van der Waals surface area contributed by atoms with Crippen LogP contribution in [0.3, 0.4) is 0 Å². The summed E-state index contributed by atoms with van der Waals surface area (Å²) in [6.07, 6.45) is 0.201. The summed E-state index contributed by atoms with van der Waals surface area (Å²) in [6.45, 7) is 6.13. The Morgan fingerprint density at radius 1 is 1.35 bits per heavy atom. The van der Waals surface area contributed by atoms with Gasteiger partial charge in [0.1, 0.15) is 0 Å². The second-order valence-corrected chi connectivity index (χ2v) is 5.21. The van der Waals surface area contributed by atoms with Crippen molar-refractivity contribution in [3.63, 3.8) is 0 Å². The number of benzene rings is 1. The molecule has 3 nitrogen and oxygen atoms in total. The van der Waals surface area contributed by atoms with Crippen LogP contribution < -0.4 is 0 Å². The van der Waals surface area contributed by atoms with E-state index in [1.807, 2.05) is 37.3 Å². The molecule has 1 aliphatic rings. The van der Waals surface area contributed by atoms with Gasteiger partial charge < -0.3 is 9.84 Å². The number of hydrogen-bond acceptors (Lipinski definition) is 3. The molecule has 2 unspecified atom stereocenters. The van der Waals surface area contributed by atoms with E-state index >= 15 is 0 Å². The molecule has 17 heavy (non-hydrogen) atoms. The fourth-order valence-electron chi connectivity index (χ4n) is 2.23. The quantitative estimate of drug-likeness (QED) is 0.853. The zero-order valence-corrected chi connectivity index (χ0v) is 10.6. The third kappa shape index (κ3) is 2.86. The standard InChI is InChI=1S/C14H19NO2/c1-10-9-14(2,3)15-13(17-10)12(16)11-7-5-4-6-8-11/h4-8,10,12,16H,9H2,1-3H3. The summed E-state index contributed by atoms with van der Waals surface area (Å²) in [5.41, 5.74) is 0.652. The molecule has 1 N–H and O–H groups in total. The highest BCUT2D eigenvalue weighted by atomic mass is 16.5. The molecular formula is C14H19NO2. The minimum absolute atomic E-state index is 0.0934. The van der Waals surface area contributed by atoms with Gasteiger partial charge >= 0.3 is 0 Å². The largest absolute Gasteiger partial charge is 0.476 e. The summed E-state index contributed by atoms with van der Waals surface area (Å²) in [6, 6.07) is 9.48. The lowest BCUT2D eigenvalue weighted by Crippen LogP contribution is -2.36. The Labute approximate surface area is 102 Å². The summed E-state index contributed by atoms with van der Waals surface area (Å²) in [4.78, 5) is 4.49. The van der Waals surface area contributed by atoms with Gasteiger partial charge in [0, 0.05) is 6.42 Å². The second-order valence-electron chi connectivity index (χ2n) is 5.21. The summed E-state index contributed by atoms with van der Waals surface area (Å²) >= 11 is 0. The van der Waals surface area contributed by atoms with Crippen molar-refractivity contribution in [2.75, 3.05) is 0 Å². The van der Waals surface area contributed by atoms with Crippen LogP contribution in [0.25, 0.3) is 0 Å². The molecule has 92 valence electrons. The lowest BCUT2D eigenvalue weighted by molar-refractivity contribution is 0.104. The average molecular weight is 233 g/mol. The van der Waals surface area contributed by atoms with Crippen molar-refractivity contribution in [1.29, 1.82) is 0 Å². The highest BCUT2D eigenvalue weighted by Gasteiger charge is 2.31. The molecule has 1 heterocycles. The molecule has 0 amide bonds. The summed E-state index contributed by atoms with van der Waals surface area (Å²) < 4.78 is 5.64. The predicted molar refractivity (Wildman–Crippen MR) is 68.1 cm³/mol. The predicted octanol–water partition coefficient (Wildman–Crippen LogP) is 2.71. The molecule has 1 aromatic rings. The van der Waals surface area contributed by atoms with Crippen LogP contribution in [0.1, 0.15) is 38.9 Å². The molecule has 0 saturated carbocycles. The van der Waals surface area contributed by atoms with Crippen LogP contribution in [0.2, 0.25) is 0 Å². The van der Waals surface area contributed by atoms with Gasteiger partial charge in [-0.2, -0.15) is 0 Å². The molecule has 0 spiro atoms. The molecule has 3 heteroatoms. The van der Waals surface area contributed by atoms with Gasteiger partial charge in [-0.3, -0.25) is 0 Å². The van der Waals surface area contributed by atoms with Gasteiger partial charge in [-0.05, 0) is 26.3 Å². The van der Waals surface area contributed by atoms with Crippen LogP contribution in [0.5, 0.6) is 0 Å². The van der Waals surface area contributed by atoms with Crippen LogP contribution in [-0.4, -0.2) is 22.6 Å². The first-order chi connectivity index (χ1) is 7.98. The molecule has 2 atom stereocenters. The first-order valence-corrected chi connectivity index (χ1v) is 5.97. The third-order valence-electron chi connectivity index (χ3n) is 2.87. The summed E-state index contributed by atoms with van der Waals surface area (Å²) in [7, 11) is 0. The molecule has 0 saturated heterocycles. The minimum atomic E-state index is -0.766. The smallest absolute Gasteiger partial charge is 0.218 e. The maximum Gasteiger partial charge on any atom is 0.218 e. The number of aliphatic hydroxyl groups excluding tert-OH is 1. The van der Waals surface area contributed by atoms with Crippen molar-refractivity contribution in [1.82, 2.24) is 0 Å². The van der Waals surface area contributed by atoms with Gasteiger partial charge in [0.15, 0.2) is 6.10 Å². The van der Waals surface area contributed by atoms with Crippen LogP contribution >= 0.6 is 0 Å². The zero-order chi connectivity index (χ0) is 12.5. The minimum Gasteiger partial charge on any atom is -0.476 e. The number of hydrogen-bond donors (Lipinski definition) is 1. The van der Waals surface area contributed by atoms with E-state index in [2.05, 4.69) is 18.8 Å². The monoisotopic (exact) mass is 233 g/mol. The Hall–Kier alpha value is -1.35. The van der Waals surface area contributed by atoms with E-state index in [0.29, 0.717) is 5.90 Å². The Bertz CT molecular complexity index is 411. The Kier molecular flexibility index (Phi) is 3.20. The van der Waals surface area contributed by atoms with Crippen molar-refractivity contribution in [2.24, 2.45) is 4.99 Å². The van der Waals surface area contributed by atoms with Crippen LogP contribution in [0.15, 0.2) is 35.3 Å². The van der Waals surface area contributed by atoms with Gasteiger partial charge in [0.05, 0.1) is 11.6 Å². The molecule has 1 aromatic carbocycles. The second kappa shape index (κ2) is 4.49. The Morgan fingerprint density at radius 3 is 2.59 bits per heavy atom. The lowest BCUT2D eigenvalue weighted by Gasteiger charge is -2.33. The van der Waals surface area contributed by atoms with E-state index in [-0.39, 0.29) is 11.6 Å². The summed E-state index contributed by atoms with van der Waals surface area (Å²) in [5.74, 6) is 0.431. The average Bonchev–Trinajstić information content (AvgIpc) is 2.26. The van der Waals surface area contributed by atoms with Crippen LogP contribution in [0.4, 0.5) is 0 Å². The Morgan fingerprint density at radius 2 is 2.00 bits per heavy atom. The van der Waals surface area contributed by atoms with Crippen molar-refractivity contribution in [3.05, 3.63) is 35.9 Å². The lowest BCUT2D eigenvalue weighted by atomic mass is 9.96. The van der Waals surface area contributed by atoms with Crippen molar-refractivity contribution >= 4 is 5.90 Å². The third-order valence-corrected chi connectivity index (χ3v) is 2.87. The highest BCUT2D eigenvalue weighted by molar-refractivity contribution is 5.83. The molecule has 0 bridgehead atoms. The fourth-order valence-corrected chi connectivity index (χ4v) is 2.23. The van der Waals surface area contributed by atoms with Gasteiger partial charge in [-0.15, -0.1) is 0 Å². The molecule has 1 aliphatic heterocycles. The van der Waals surface area contributed by atoms with Crippen molar-refractivity contribution < 1.29 is 9.84 Å². The van der Waals surface area contributed by atoms with E-state index in [1.165, 1.54) is 0 Å². The van der Waals surface area contributed by atoms with E-state index in [0.717, 1.165) is 12.0 Å². The topological polar surface area (TPSA) is 41.8 Å². The Balaban J connectivity index is 2.25. The maximum absolute atomic E-state index is 10.2. The van der Waals surface area contributed by atoms with Crippen LogP contribution in [0, 0.1) is 0 Å². The number of ether oxygens (including phenoxy) is 1. The molecule has 0 aromatic heterocycles. The van der Waals surface area contributed by atoms with Gasteiger partial charge in [-0.25, -0.2) is 4.99 Å². The van der Waals surface area contributed by atoms with Gasteiger partial charge in [-0.1, -0.05) is 30.3 Å².